The molecule has 0 aromatic heterocycles. The van der Waals surface area contributed by atoms with E-state index >= 15 is 0 Å². The summed E-state index contributed by atoms with van der Waals surface area (Å²) >= 11 is 0. The molecule has 0 bridgehead atoms. The van der Waals surface area contributed by atoms with Crippen LogP contribution >= 0.6 is 0 Å². The zero-order valence-electron chi connectivity index (χ0n) is 20.6. The average molecular weight is 528 g/mol. The lowest BCUT2D eigenvalue weighted by atomic mass is 9.78. The number of rotatable bonds is 5. The number of piperidine rings is 1. The molecule has 3 aromatic carbocycles. The fraction of sp³-hybridized carbons (Fsp3) is 0.310. The van der Waals surface area contributed by atoms with Gasteiger partial charge in [-0.15, -0.1) is 0 Å². The SMILES string of the molecule is COc1ccc([C@H]2C(c3ccc(C(F)(F)F)cc3)=C[C@H]3[C@@H]2CCCN3S(=O)(=O)c2ccc(C)cc2)cc1. The molecule has 1 aliphatic carbocycles. The number of ether oxygens (including phenoxy) is 1. The molecule has 0 N–H and O–H groups in total. The zero-order valence-corrected chi connectivity index (χ0v) is 21.4. The first-order chi connectivity index (χ1) is 17.6. The number of methoxy groups -OCH3 is 1. The third kappa shape index (κ3) is 4.80. The van der Waals surface area contributed by atoms with Crippen molar-refractivity contribution >= 4 is 15.6 Å². The fourth-order valence-corrected chi connectivity index (χ4v) is 7.25. The maximum atomic E-state index is 13.7. The first kappa shape index (κ1) is 25.5. The minimum atomic E-state index is -4.43. The number of hydrogen-bond acceptors (Lipinski definition) is 3. The van der Waals surface area contributed by atoms with E-state index in [1.807, 2.05) is 37.3 Å². The number of aryl methyl sites for hydroxylation is 1. The Labute approximate surface area is 215 Å². The molecule has 1 aliphatic heterocycles. The van der Waals surface area contributed by atoms with Crippen LogP contribution in [0.1, 0.15) is 41.0 Å². The molecule has 5 rings (SSSR count). The van der Waals surface area contributed by atoms with E-state index in [-0.39, 0.29) is 16.7 Å². The number of allylic oxidation sites excluding steroid dienone is 1. The van der Waals surface area contributed by atoms with Gasteiger partial charge < -0.3 is 4.74 Å². The van der Waals surface area contributed by atoms with Gasteiger partial charge in [0.2, 0.25) is 10.0 Å². The summed E-state index contributed by atoms with van der Waals surface area (Å²) in [5.41, 5.74) is 2.75. The molecule has 0 amide bonds. The predicted molar refractivity (Wildman–Crippen MR) is 137 cm³/mol. The van der Waals surface area contributed by atoms with E-state index in [1.165, 1.54) is 12.1 Å². The van der Waals surface area contributed by atoms with Gasteiger partial charge in [-0.25, -0.2) is 8.42 Å². The van der Waals surface area contributed by atoms with Gasteiger partial charge in [-0.05, 0) is 78.8 Å². The molecule has 4 nitrogen and oxygen atoms in total. The van der Waals surface area contributed by atoms with Gasteiger partial charge in [0.1, 0.15) is 5.75 Å². The first-order valence-electron chi connectivity index (χ1n) is 12.2. The van der Waals surface area contributed by atoms with Crippen molar-refractivity contribution in [1.82, 2.24) is 4.31 Å². The number of nitrogens with zero attached hydrogens (tertiary/aromatic N) is 1. The summed E-state index contributed by atoms with van der Waals surface area (Å²) in [5.74, 6) is 0.494. The van der Waals surface area contributed by atoms with Gasteiger partial charge in [-0.1, -0.05) is 48.0 Å². The van der Waals surface area contributed by atoms with Crippen LogP contribution < -0.4 is 4.74 Å². The Morgan fingerprint density at radius 1 is 0.919 bits per heavy atom. The van der Waals surface area contributed by atoms with Crippen molar-refractivity contribution in [2.75, 3.05) is 13.7 Å². The van der Waals surface area contributed by atoms with Crippen LogP contribution in [0.4, 0.5) is 13.2 Å². The highest BCUT2D eigenvalue weighted by molar-refractivity contribution is 7.89. The lowest BCUT2D eigenvalue weighted by Gasteiger charge is -2.38. The number of benzene rings is 3. The Balaban J connectivity index is 1.59. The predicted octanol–water partition coefficient (Wildman–Crippen LogP) is 6.67. The Morgan fingerprint density at radius 2 is 1.57 bits per heavy atom. The van der Waals surface area contributed by atoms with Crippen molar-refractivity contribution in [3.05, 3.63) is 101 Å². The number of halogens is 3. The second kappa shape index (κ2) is 9.65. The quantitative estimate of drug-likeness (QED) is 0.372. The standard InChI is InChI=1S/C29H28F3NO3S/c1-19-5-15-24(16-6-19)37(34,35)33-17-3-4-25-27(33)18-26(20-7-11-22(12-8-20)29(30,31)32)28(25)21-9-13-23(36-2)14-10-21/h5-16,18,25,27-28H,3-4,17H2,1-2H3/t25-,27-,28+/m0/s1. The maximum absolute atomic E-state index is 13.7. The van der Waals surface area contributed by atoms with Crippen molar-refractivity contribution in [1.29, 1.82) is 0 Å². The summed E-state index contributed by atoms with van der Waals surface area (Å²) in [5, 5.41) is 0. The summed E-state index contributed by atoms with van der Waals surface area (Å²) in [6.45, 7) is 2.30. The minimum absolute atomic E-state index is 0.0420. The van der Waals surface area contributed by atoms with Gasteiger partial charge >= 0.3 is 6.18 Å². The normalized spacial score (nSPS) is 22.4. The molecule has 1 fully saturated rings. The second-order valence-corrected chi connectivity index (χ2v) is 11.6. The third-order valence-electron chi connectivity index (χ3n) is 7.45. The maximum Gasteiger partial charge on any atom is 0.416 e. The Morgan fingerprint density at radius 3 is 2.16 bits per heavy atom. The monoisotopic (exact) mass is 527 g/mol. The van der Waals surface area contributed by atoms with Crippen molar-refractivity contribution in [3.8, 4) is 5.75 Å². The molecule has 0 saturated carbocycles. The van der Waals surface area contributed by atoms with Crippen molar-refractivity contribution < 1.29 is 26.3 Å². The van der Waals surface area contributed by atoms with Gasteiger partial charge in [-0.2, -0.15) is 17.5 Å². The molecule has 194 valence electrons. The largest absolute Gasteiger partial charge is 0.497 e. The first-order valence-corrected chi connectivity index (χ1v) is 13.7. The molecular formula is C29H28F3NO3S. The number of hydrogen-bond donors (Lipinski definition) is 0. The molecule has 1 heterocycles. The van der Waals surface area contributed by atoms with E-state index < -0.39 is 27.8 Å². The summed E-state index contributed by atoms with van der Waals surface area (Å²) < 4.78 is 74.0. The molecule has 3 aromatic rings. The summed E-state index contributed by atoms with van der Waals surface area (Å²) in [4.78, 5) is 0.246. The topological polar surface area (TPSA) is 46.6 Å². The van der Waals surface area contributed by atoms with Crippen molar-refractivity contribution in [2.45, 2.75) is 42.8 Å². The van der Waals surface area contributed by atoms with Gasteiger partial charge in [0.15, 0.2) is 0 Å². The van der Waals surface area contributed by atoms with Crippen molar-refractivity contribution in [3.63, 3.8) is 0 Å². The summed E-state index contributed by atoms with van der Waals surface area (Å²) in [6.07, 6.45) is -0.965. The molecule has 0 radical (unpaired) electrons. The summed E-state index contributed by atoms with van der Waals surface area (Å²) in [6, 6.07) is 19.2. The zero-order chi connectivity index (χ0) is 26.4. The van der Waals surface area contributed by atoms with Crippen LogP contribution in [0.5, 0.6) is 5.75 Å². The molecule has 37 heavy (non-hydrogen) atoms. The van der Waals surface area contributed by atoms with Crippen molar-refractivity contribution in [2.24, 2.45) is 5.92 Å². The fourth-order valence-electron chi connectivity index (χ4n) is 5.60. The van der Waals surface area contributed by atoms with Gasteiger partial charge in [-0.3, -0.25) is 0 Å². The molecule has 2 aliphatic rings. The highest BCUT2D eigenvalue weighted by atomic mass is 32.2. The molecule has 3 atom stereocenters. The minimum Gasteiger partial charge on any atom is -0.497 e. The molecule has 8 heteroatoms. The number of fused-ring (bicyclic) bond motifs is 1. The lowest BCUT2D eigenvalue weighted by molar-refractivity contribution is -0.137. The molecular weight excluding hydrogens is 499 g/mol. The van der Waals surface area contributed by atoms with Crippen LogP contribution in [0.25, 0.3) is 5.57 Å². The third-order valence-corrected chi connectivity index (χ3v) is 9.36. The summed E-state index contributed by atoms with van der Waals surface area (Å²) in [7, 11) is -2.17. The van der Waals surface area contributed by atoms with Gasteiger partial charge in [0, 0.05) is 18.5 Å². The Hall–Kier alpha value is -3.10. The van der Waals surface area contributed by atoms with E-state index in [2.05, 4.69) is 0 Å². The Bertz CT molecular complexity index is 1400. The average Bonchev–Trinajstić information content (AvgIpc) is 3.28. The van der Waals surface area contributed by atoms with Crippen LogP contribution in [0, 0.1) is 12.8 Å². The lowest BCUT2D eigenvalue weighted by Crippen LogP contribution is -2.46. The van der Waals surface area contributed by atoms with Crippen LogP contribution in [-0.4, -0.2) is 32.4 Å². The smallest absolute Gasteiger partial charge is 0.416 e. The van der Waals surface area contributed by atoms with Crippen LogP contribution in [-0.2, 0) is 16.2 Å². The van der Waals surface area contributed by atoms with E-state index in [0.717, 1.165) is 35.3 Å². The van der Waals surface area contributed by atoms with E-state index in [9.17, 15) is 21.6 Å². The van der Waals surface area contributed by atoms with E-state index in [1.54, 1.807) is 35.7 Å². The second-order valence-electron chi connectivity index (χ2n) is 9.67. The highest BCUT2D eigenvalue weighted by Crippen LogP contribution is 2.51. The Kier molecular flexibility index (Phi) is 6.66. The van der Waals surface area contributed by atoms with Crippen LogP contribution in [0.15, 0.2) is 83.8 Å². The molecule has 0 unspecified atom stereocenters. The van der Waals surface area contributed by atoms with E-state index in [0.29, 0.717) is 24.3 Å². The van der Waals surface area contributed by atoms with Crippen LogP contribution in [0.3, 0.4) is 0 Å². The van der Waals surface area contributed by atoms with Crippen LogP contribution in [0.2, 0.25) is 0 Å². The van der Waals surface area contributed by atoms with Gasteiger partial charge in [0.05, 0.1) is 17.6 Å². The molecule has 1 saturated heterocycles. The van der Waals surface area contributed by atoms with Gasteiger partial charge in [0.25, 0.3) is 0 Å². The number of sulfonamides is 1. The highest BCUT2D eigenvalue weighted by Gasteiger charge is 2.47. The number of alkyl halides is 3. The molecule has 0 spiro atoms. The van der Waals surface area contributed by atoms with E-state index in [4.69, 9.17) is 4.74 Å².